The second kappa shape index (κ2) is 7.18. The van der Waals surface area contributed by atoms with Crippen LogP contribution in [0, 0.1) is 0 Å². The van der Waals surface area contributed by atoms with E-state index in [1.54, 1.807) is 0 Å². The molecule has 0 nitrogen and oxygen atoms in total. The summed E-state index contributed by atoms with van der Waals surface area (Å²) < 4.78 is 0. The van der Waals surface area contributed by atoms with Crippen molar-refractivity contribution in [2.24, 2.45) is 0 Å². The van der Waals surface area contributed by atoms with Gasteiger partial charge in [0.1, 0.15) is 7.28 Å². The molecule has 1 aromatic carbocycles. The lowest BCUT2D eigenvalue weighted by Crippen LogP contribution is -2.33. The number of hydrogen-bond donors (Lipinski definition) is 0. The fraction of sp³-hybridized carbons (Fsp3) is 0.333. The maximum Gasteiger partial charge on any atom is 0.132 e. The molecule has 0 spiro atoms. The average Bonchev–Trinajstić information content (AvgIpc) is 2.39. The Bertz CT molecular complexity index is 454. The Balaban J connectivity index is 3.26. The molecule has 0 fully saturated rings. The van der Waals surface area contributed by atoms with Crippen molar-refractivity contribution in [3.05, 3.63) is 72.4 Å². The summed E-state index contributed by atoms with van der Waals surface area (Å²) in [6.45, 7) is 12.6. The van der Waals surface area contributed by atoms with Crippen molar-refractivity contribution >= 4 is 7.28 Å². The third-order valence-corrected chi connectivity index (χ3v) is 3.36. The van der Waals surface area contributed by atoms with Crippen LogP contribution in [0.25, 0.3) is 0 Å². The first kappa shape index (κ1) is 15.6. The van der Waals surface area contributed by atoms with Gasteiger partial charge in [0.25, 0.3) is 0 Å². The van der Waals surface area contributed by atoms with Gasteiger partial charge in [-0.3, -0.25) is 0 Å². The Hall–Kier alpha value is -1.50. The molecule has 99 valence electrons. The zero-order valence-electron chi connectivity index (χ0n) is 12.6. The van der Waals surface area contributed by atoms with Crippen molar-refractivity contribution < 1.29 is 0 Å². The van der Waals surface area contributed by atoms with Gasteiger partial charge in [0.05, 0.1) is 0 Å². The highest BCUT2D eigenvalue weighted by atomic mass is 14.2. The Morgan fingerprint density at radius 1 is 1.26 bits per heavy atom. The monoisotopic (exact) mass is 251 g/mol. The molecule has 0 N–H and O–H groups in total. The first-order valence-corrected chi connectivity index (χ1v) is 6.92. The van der Waals surface area contributed by atoms with E-state index < -0.39 is 0 Å². The highest BCUT2D eigenvalue weighted by molar-refractivity contribution is 6.43. The van der Waals surface area contributed by atoms with Crippen LogP contribution in [0.15, 0.2) is 66.8 Å². The van der Waals surface area contributed by atoms with Gasteiger partial charge in [-0.1, -0.05) is 93.4 Å². The van der Waals surface area contributed by atoms with Crippen LogP contribution in [0.2, 0.25) is 5.82 Å². The van der Waals surface area contributed by atoms with E-state index in [0.717, 1.165) is 0 Å². The second-order valence-electron chi connectivity index (χ2n) is 5.32. The van der Waals surface area contributed by atoms with Crippen LogP contribution in [0.5, 0.6) is 0 Å². The van der Waals surface area contributed by atoms with Crippen molar-refractivity contribution in [2.75, 3.05) is 0 Å². The fourth-order valence-electron chi connectivity index (χ4n) is 2.55. The van der Waals surface area contributed by atoms with Crippen LogP contribution in [-0.4, -0.2) is 7.28 Å². The molecule has 1 rings (SSSR count). The van der Waals surface area contributed by atoms with E-state index in [1.165, 1.54) is 11.1 Å². The van der Waals surface area contributed by atoms with Crippen LogP contribution in [0.1, 0.15) is 33.3 Å². The molecule has 0 aliphatic heterocycles. The van der Waals surface area contributed by atoms with Gasteiger partial charge in [0.15, 0.2) is 0 Å². The Labute approximate surface area is 119 Å². The molecule has 0 bridgehead atoms. The molecule has 0 saturated heterocycles. The molecule has 1 aromatic rings. The maximum absolute atomic E-state index is 3.76. The summed E-state index contributed by atoms with van der Waals surface area (Å²) in [5, 5.41) is -0.0658. The highest BCUT2D eigenvalue weighted by Crippen LogP contribution is 2.34. The third-order valence-electron chi connectivity index (χ3n) is 3.36. The van der Waals surface area contributed by atoms with E-state index >= 15 is 0 Å². The molecule has 0 saturated carbocycles. The van der Waals surface area contributed by atoms with Crippen molar-refractivity contribution in [3.63, 3.8) is 0 Å². The minimum absolute atomic E-state index is 0.0658. The van der Waals surface area contributed by atoms with Gasteiger partial charge in [-0.05, 0) is 17.8 Å². The molecular formula is C18H24B. The van der Waals surface area contributed by atoms with Crippen molar-refractivity contribution in [1.82, 2.24) is 0 Å². The average molecular weight is 251 g/mol. The quantitative estimate of drug-likeness (QED) is 0.486. The van der Waals surface area contributed by atoms with Crippen LogP contribution in [0.4, 0.5) is 0 Å². The molecule has 1 radical (unpaired) electrons. The molecule has 0 amide bonds. The van der Waals surface area contributed by atoms with Crippen LogP contribution in [0.3, 0.4) is 0 Å². The van der Waals surface area contributed by atoms with Crippen LogP contribution < -0.4 is 0 Å². The van der Waals surface area contributed by atoms with Crippen molar-refractivity contribution in [2.45, 2.75) is 38.8 Å². The van der Waals surface area contributed by atoms with E-state index in [9.17, 15) is 0 Å². The lowest BCUT2D eigenvalue weighted by Gasteiger charge is -2.33. The van der Waals surface area contributed by atoms with E-state index in [-0.39, 0.29) is 5.31 Å². The SMILES string of the molecule is C=C/C=C\C(=C/C)C(C)([B]C(C)C)c1ccccc1. The first-order chi connectivity index (χ1) is 9.04. The van der Waals surface area contributed by atoms with E-state index in [4.69, 9.17) is 0 Å². The molecule has 0 aliphatic carbocycles. The standard InChI is InChI=1S/C18H24B/c1-6-8-12-16(7-2)18(5,19-15(3)4)17-13-10-9-11-14-17/h6-15H,1H2,2-5H3/b12-8-,16-7+. The summed E-state index contributed by atoms with van der Waals surface area (Å²) in [7, 11) is 2.41. The third kappa shape index (κ3) is 3.99. The zero-order valence-corrected chi connectivity index (χ0v) is 12.6. The molecule has 0 aliphatic rings. The molecule has 1 unspecified atom stereocenters. The number of hydrogen-bond acceptors (Lipinski definition) is 0. The molecule has 0 heterocycles. The fourth-order valence-corrected chi connectivity index (χ4v) is 2.55. The van der Waals surface area contributed by atoms with Gasteiger partial charge in [-0.15, -0.1) is 0 Å². The number of allylic oxidation sites excluding steroid dienone is 5. The Morgan fingerprint density at radius 3 is 2.37 bits per heavy atom. The summed E-state index contributed by atoms with van der Waals surface area (Å²) >= 11 is 0. The highest BCUT2D eigenvalue weighted by Gasteiger charge is 2.30. The molecule has 19 heavy (non-hydrogen) atoms. The van der Waals surface area contributed by atoms with Crippen molar-refractivity contribution in [1.29, 1.82) is 0 Å². The maximum atomic E-state index is 3.76. The predicted octanol–water partition coefficient (Wildman–Crippen LogP) is 5.12. The smallest absolute Gasteiger partial charge is 0.0991 e. The molecular weight excluding hydrogens is 227 g/mol. The lowest BCUT2D eigenvalue weighted by molar-refractivity contribution is 0.780. The van der Waals surface area contributed by atoms with Gasteiger partial charge in [-0.25, -0.2) is 0 Å². The van der Waals surface area contributed by atoms with Gasteiger partial charge < -0.3 is 0 Å². The van der Waals surface area contributed by atoms with E-state index in [0.29, 0.717) is 5.82 Å². The number of rotatable bonds is 6. The number of benzene rings is 1. The predicted molar refractivity (Wildman–Crippen MR) is 87.7 cm³/mol. The summed E-state index contributed by atoms with van der Waals surface area (Å²) in [4.78, 5) is 0. The van der Waals surface area contributed by atoms with Gasteiger partial charge in [0.2, 0.25) is 0 Å². The minimum Gasteiger partial charge on any atom is -0.0991 e. The molecule has 1 heteroatoms. The molecule has 0 aromatic heterocycles. The van der Waals surface area contributed by atoms with Crippen molar-refractivity contribution in [3.8, 4) is 0 Å². The topological polar surface area (TPSA) is 0 Å². The largest absolute Gasteiger partial charge is 0.132 e. The summed E-state index contributed by atoms with van der Waals surface area (Å²) in [5.74, 6) is 0.525. The lowest BCUT2D eigenvalue weighted by atomic mass is 9.42. The van der Waals surface area contributed by atoms with Gasteiger partial charge in [-0.2, -0.15) is 0 Å². The first-order valence-electron chi connectivity index (χ1n) is 6.92. The summed E-state index contributed by atoms with van der Waals surface area (Å²) in [5.41, 5.74) is 2.62. The van der Waals surface area contributed by atoms with Gasteiger partial charge in [0, 0.05) is 0 Å². The van der Waals surface area contributed by atoms with Crippen LogP contribution in [-0.2, 0) is 5.31 Å². The normalized spacial score (nSPS) is 15.5. The Kier molecular flexibility index (Phi) is 5.88. The van der Waals surface area contributed by atoms with Crippen LogP contribution >= 0.6 is 0 Å². The molecule has 1 atom stereocenters. The summed E-state index contributed by atoms with van der Waals surface area (Å²) in [6.07, 6.45) is 8.17. The van der Waals surface area contributed by atoms with E-state index in [1.807, 2.05) is 12.2 Å². The summed E-state index contributed by atoms with van der Waals surface area (Å²) in [6, 6.07) is 10.7. The minimum atomic E-state index is -0.0658. The van der Waals surface area contributed by atoms with E-state index in [2.05, 4.69) is 84.0 Å². The zero-order chi connectivity index (χ0) is 14.3. The second-order valence-corrected chi connectivity index (χ2v) is 5.32. The van der Waals surface area contributed by atoms with Gasteiger partial charge >= 0.3 is 0 Å². The Morgan fingerprint density at radius 2 is 1.89 bits per heavy atom.